The molecule has 2 unspecified atom stereocenters. The number of amides is 1. The number of aryl methyl sites for hydroxylation is 1. The Kier molecular flexibility index (Phi) is 5.48. The van der Waals surface area contributed by atoms with Crippen molar-refractivity contribution in [2.24, 2.45) is 7.05 Å². The maximum absolute atomic E-state index is 12.9. The van der Waals surface area contributed by atoms with Crippen molar-refractivity contribution in [3.05, 3.63) is 53.3 Å². The maximum Gasteiger partial charge on any atom is 0.251 e. The molecule has 6 nitrogen and oxygen atoms in total. The van der Waals surface area contributed by atoms with Gasteiger partial charge in [-0.2, -0.15) is 0 Å². The van der Waals surface area contributed by atoms with E-state index in [9.17, 15) is 4.79 Å². The van der Waals surface area contributed by atoms with Gasteiger partial charge in [-0.05, 0) is 55.2 Å². The Morgan fingerprint density at radius 2 is 2.00 bits per heavy atom. The molecule has 2 heterocycles. The van der Waals surface area contributed by atoms with Crippen LogP contribution in [0, 0.1) is 0 Å². The molecule has 1 N–H and O–H groups in total. The molecular weight excluding hydrogens is 414 g/mol. The van der Waals surface area contributed by atoms with Gasteiger partial charge in [-0.15, -0.1) is 11.6 Å². The third-order valence-corrected chi connectivity index (χ3v) is 6.62. The van der Waals surface area contributed by atoms with Gasteiger partial charge >= 0.3 is 0 Å². The number of benzene rings is 2. The quantitative estimate of drug-likeness (QED) is 0.606. The average molecular weight is 440 g/mol. The zero-order valence-electron chi connectivity index (χ0n) is 17.6. The van der Waals surface area contributed by atoms with E-state index in [0.29, 0.717) is 42.1 Å². The van der Waals surface area contributed by atoms with Gasteiger partial charge in [-0.25, -0.2) is 4.98 Å². The van der Waals surface area contributed by atoms with Gasteiger partial charge in [0.05, 0.1) is 11.0 Å². The predicted octanol–water partition coefficient (Wildman–Crippen LogP) is 4.54. The van der Waals surface area contributed by atoms with Crippen molar-refractivity contribution in [2.75, 3.05) is 13.2 Å². The fourth-order valence-corrected chi connectivity index (χ4v) is 4.89. The van der Waals surface area contributed by atoms with E-state index >= 15 is 0 Å². The summed E-state index contributed by atoms with van der Waals surface area (Å²) in [5.41, 5.74) is 3.78. The molecule has 5 rings (SSSR count). The van der Waals surface area contributed by atoms with Crippen molar-refractivity contribution in [1.82, 2.24) is 14.9 Å². The first-order valence-electron chi connectivity index (χ1n) is 10.8. The molecule has 162 valence electrons. The highest BCUT2D eigenvalue weighted by Crippen LogP contribution is 2.35. The standard InChI is InChI=1S/C24H26ClN3O3/c1-28-20-7-5-15(14-25)11-19(20)27-23(28)16-3-2-4-18(12-16)26-24(29)17-6-8-21-22(13-17)31-10-9-30-21/h5-8,11,13,16,18H,2-4,9-10,12,14H2,1H3,(H,26,29). The molecule has 2 atom stereocenters. The summed E-state index contributed by atoms with van der Waals surface area (Å²) in [5, 5.41) is 3.22. The summed E-state index contributed by atoms with van der Waals surface area (Å²) in [7, 11) is 2.07. The van der Waals surface area contributed by atoms with Gasteiger partial charge < -0.3 is 19.4 Å². The lowest BCUT2D eigenvalue weighted by Crippen LogP contribution is -2.38. The number of fused-ring (bicyclic) bond motifs is 2. The zero-order chi connectivity index (χ0) is 21.4. The van der Waals surface area contributed by atoms with Gasteiger partial charge in [-0.3, -0.25) is 4.79 Å². The van der Waals surface area contributed by atoms with Crippen LogP contribution < -0.4 is 14.8 Å². The summed E-state index contributed by atoms with van der Waals surface area (Å²) >= 11 is 5.99. The highest BCUT2D eigenvalue weighted by atomic mass is 35.5. The van der Waals surface area contributed by atoms with Crippen LogP contribution in [0.5, 0.6) is 11.5 Å². The van der Waals surface area contributed by atoms with Crippen LogP contribution in [-0.2, 0) is 12.9 Å². The molecule has 1 aromatic heterocycles. The first kappa shape index (κ1) is 20.2. The van der Waals surface area contributed by atoms with Crippen molar-refractivity contribution >= 4 is 28.5 Å². The van der Waals surface area contributed by atoms with E-state index in [-0.39, 0.29) is 11.9 Å². The van der Waals surface area contributed by atoms with Crippen molar-refractivity contribution in [3.8, 4) is 11.5 Å². The van der Waals surface area contributed by atoms with Crippen molar-refractivity contribution in [1.29, 1.82) is 0 Å². The predicted molar refractivity (Wildman–Crippen MR) is 120 cm³/mol. The topological polar surface area (TPSA) is 65.4 Å². The number of ether oxygens (including phenoxy) is 2. The number of hydrogen-bond donors (Lipinski definition) is 1. The number of nitrogens with zero attached hydrogens (tertiary/aromatic N) is 2. The molecule has 1 aliphatic heterocycles. The number of aromatic nitrogens is 2. The Hall–Kier alpha value is -2.73. The molecule has 1 fully saturated rings. The molecule has 0 radical (unpaired) electrons. The van der Waals surface area contributed by atoms with Gasteiger partial charge in [0.2, 0.25) is 0 Å². The van der Waals surface area contributed by atoms with Crippen molar-refractivity contribution < 1.29 is 14.3 Å². The number of rotatable bonds is 4. The van der Waals surface area contributed by atoms with Crippen LogP contribution in [0.4, 0.5) is 0 Å². The first-order chi connectivity index (χ1) is 15.1. The normalized spacial score (nSPS) is 20.6. The summed E-state index contributed by atoms with van der Waals surface area (Å²) < 4.78 is 13.3. The van der Waals surface area contributed by atoms with Gasteiger partial charge in [0, 0.05) is 30.5 Å². The highest BCUT2D eigenvalue weighted by Gasteiger charge is 2.28. The molecule has 7 heteroatoms. The lowest BCUT2D eigenvalue weighted by Gasteiger charge is -2.29. The average Bonchev–Trinajstić information content (AvgIpc) is 3.14. The summed E-state index contributed by atoms with van der Waals surface area (Å²) in [6, 6.07) is 11.7. The monoisotopic (exact) mass is 439 g/mol. The van der Waals surface area contributed by atoms with E-state index in [0.717, 1.165) is 48.1 Å². The number of alkyl halides is 1. The number of nitrogens with one attached hydrogen (secondary N) is 1. The minimum atomic E-state index is -0.0700. The van der Waals surface area contributed by atoms with Crippen LogP contribution in [0.1, 0.15) is 53.3 Å². The number of carbonyl (C=O) groups is 1. The first-order valence-corrected chi connectivity index (χ1v) is 11.4. The molecule has 1 amide bonds. The van der Waals surface area contributed by atoms with Crippen LogP contribution in [0.25, 0.3) is 11.0 Å². The molecule has 2 aromatic carbocycles. The molecule has 31 heavy (non-hydrogen) atoms. The lowest BCUT2D eigenvalue weighted by molar-refractivity contribution is 0.0923. The van der Waals surface area contributed by atoms with E-state index in [4.69, 9.17) is 26.1 Å². The summed E-state index contributed by atoms with van der Waals surface area (Å²) in [6.45, 7) is 1.05. The Bertz CT molecular complexity index is 1130. The maximum atomic E-state index is 12.9. The number of halogens is 1. The van der Waals surface area contributed by atoms with Crippen LogP contribution in [0.15, 0.2) is 36.4 Å². The van der Waals surface area contributed by atoms with Crippen LogP contribution in [0.2, 0.25) is 0 Å². The molecular formula is C24H26ClN3O3. The fraction of sp³-hybridized carbons (Fsp3) is 0.417. The zero-order valence-corrected chi connectivity index (χ0v) is 18.3. The summed E-state index contributed by atoms with van der Waals surface area (Å²) in [4.78, 5) is 17.8. The molecule has 1 aliphatic carbocycles. The largest absolute Gasteiger partial charge is 0.486 e. The SMILES string of the molecule is Cn1c(C2CCCC(NC(=O)c3ccc4c(c3)OCCO4)C2)nc2cc(CCl)ccc21. The third kappa shape index (κ3) is 3.97. The number of carbonyl (C=O) groups excluding carboxylic acids is 1. The fourth-order valence-electron chi connectivity index (χ4n) is 4.72. The number of imidazole rings is 1. The van der Waals surface area contributed by atoms with Crippen LogP contribution in [-0.4, -0.2) is 34.7 Å². The molecule has 3 aromatic rings. The van der Waals surface area contributed by atoms with Crippen molar-refractivity contribution in [3.63, 3.8) is 0 Å². The van der Waals surface area contributed by atoms with E-state index in [1.54, 1.807) is 12.1 Å². The molecule has 0 saturated heterocycles. The second kappa shape index (κ2) is 8.42. The summed E-state index contributed by atoms with van der Waals surface area (Å²) in [6.07, 6.45) is 4.01. The molecule has 2 aliphatic rings. The molecule has 0 bridgehead atoms. The minimum absolute atomic E-state index is 0.0700. The van der Waals surface area contributed by atoms with Crippen molar-refractivity contribution in [2.45, 2.75) is 43.5 Å². The second-order valence-electron chi connectivity index (χ2n) is 8.38. The highest BCUT2D eigenvalue weighted by molar-refractivity contribution is 6.17. The second-order valence-corrected chi connectivity index (χ2v) is 8.65. The lowest BCUT2D eigenvalue weighted by atomic mass is 9.85. The Balaban J connectivity index is 1.31. The molecule has 1 saturated carbocycles. The van der Waals surface area contributed by atoms with Gasteiger partial charge in [-0.1, -0.05) is 12.5 Å². The van der Waals surface area contributed by atoms with Crippen LogP contribution >= 0.6 is 11.6 Å². The van der Waals surface area contributed by atoms with E-state index in [1.165, 1.54) is 0 Å². The Labute approximate surface area is 186 Å². The third-order valence-electron chi connectivity index (χ3n) is 6.31. The Morgan fingerprint density at radius 3 is 2.84 bits per heavy atom. The van der Waals surface area contributed by atoms with Gasteiger partial charge in [0.25, 0.3) is 5.91 Å². The van der Waals surface area contributed by atoms with Gasteiger partial charge in [0.1, 0.15) is 19.0 Å². The molecule has 0 spiro atoms. The number of hydrogen-bond acceptors (Lipinski definition) is 4. The van der Waals surface area contributed by atoms with E-state index in [2.05, 4.69) is 35.1 Å². The summed E-state index contributed by atoms with van der Waals surface area (Å²) in [5.74, 6) is 3.14. The van der Waals surface area contributed by atoms with Gasteiger partial charge in [0.15, 0.2) is 11.5 Å². The van der Waals surface area contributed by atoms with Crippen LogP contribution in [0.3, 0.4) is 0 Å². The smallest absolute Gasteiger partial charge is 0.251 e. The van der Waals surface area contributed by atoms with E-state index < -0.39 is 0 Å². The Morgan fingerprint density at radius 1 is 1.16 bits per heavy atom. The van der Waals surface area contributed by atoms with E-state index in [1.807, 2.05) is 6.07 Å². The minimum Gasteiger partial charge on any atom is -0.486 e.